The minimum absolute atomic E-state index is 0.0721. The van der Waals surface area contributed by atoms with Crippen LogP contribution in [-0.2, 0) is 0 Å². The molecule has 1 unspecified atom stereocenters. The smallest absolute Gasteiger partial charge is 0.168 e. The van der Waals surface area contributed by atoms with Crippen LogP contribution in [0.5, 0.6) is 5.75 Å². The molecule has 3 rings (SSSR count). The van der Waals surface area contributed by atoms with Gasteiger partial charge in [0, 0.05) is 18.7 Å². The molecule has 1 atom stereocenters. The molecule has 0 bridgehead atoms. The molecule has 2 nitrogen and oxygen atoms in total. The summed E-state index contributed by atoms with van der Waals surface area (Å²) in [6.07, 6.45) is 2.05. The monoisotopic (exact) mass is 289 g/mol. The number of nitrogens with one attached hydrogen (secondary N) is 1. The van der Waals surface area contributed by atoms with E-state index in [4.69, 9.17) is 4.74 Å². The Kier molecular flexibility index (Phi) is 4.15. The Labute approximate surface area is 122 Å². The first-order valence-electron chi connectivity index (χ1n) is 7.12. The fourth-order valence-corrected chi connectivity index (χ4v) is 2.18. The van der Waals surface area contributed by atoms with Crippen LogP contribution in [0.2, 0.25) is 0 Å². The maximum absolute atomic E-state index is 13.8. The highest BCUT2D eigenvalue weighted by Gasteiger charge is 2.23. The summed E-state index contributed by atoms with van der Waals surface area (Å²) in [5.41, 5.74) is 0.967. The number of halogens is 2. The van der Waals surface area contributed by atoms with Gasteiger partial charge in [-0.15, -0.1) is 0 Å². The fourth-order valence-electron chi connectivity index (χ4n) is 2.18. The lowest BCUT2D eigenvalue weighted by atomic mass is 10.1. The zero-order chi connectivity index (χ0) is 14.7. The van der Waals surface area contributed by atoms with Gasteiger partial charge < -0.3 is 10.1 Å². The number of ether oxygens (including phenoxy) is 1. The third kappa shape index (κ3) is 3.79. The number of rotatable bonds is 6. The lowest BCUT2D eigenvalue weighted by Crippen LogP contribution is -2.27. The first-order chi connectivity index (χ1) is 10.2. The number of benzene rings is 2. The molecule has 0 aromatic heterocycles. The Morgan fingerprint density at radius 2 is 1.86 bits per heavy atom. The van der Waals surface area contributed by atoms with Gasteiger partial charge in [0.1, 0.15) is 11.9 Å². The van der Waals surface area contributed by atoms with E-state index in [-0.39, 0.29) is 11.9 Å². The van der Waals surface area contributed by atoms with Crippen LogP contribution in [-0.4, -0.2) is 12.6 Å². The van der Waals surface area contributed by atoms with Crippen molar-refractivity contribution in [1.82, 2.24) is 5.32 Å². The van der Waals surface area contributed by atoms with Crippen molar-refractivity contribution >= 4 is 0 Å². The van der Waals surface area contributed by atoms with Crippen molar-refractivity contribution in [3.8, 4) is 5.75 Å². The summed E-state index contributed by atoms with van der Waals surface area (Å²) in [4.78, 5) is 0. The maximum Gasteiger partial charge on any atom is 0.168 e. The SMILES string of the molecule is Fc1ccc(OC(CNC2CC2)c2ccccc2)c(F)c1. The van der Waals surface area contributed by atoms with Crippen LogP contribution in [0.3, 0.4) is 0 Å². The summed E-state index contributed by atoms with van der Waals surface area (Å²) < 4.78 is 32.5. The van der Waals surface area contributed by atoms with Crippen molar-refractivity contribution < 1.29 is 13.5 Å². The third-order valence-electron chi connectivity index (χ3n) is 3.50. The fraction of sp³-hybridized carbons (Fsp3) is 0.294. The molecule has 0 spiro atoms. The highest BCUT2D eigenvalue weighted by Crippen LogP contribution is 2.26. The van der Waals surface area contributed by atoms with E-state index in [1.54, 1.807) is 0 Å². The molecule has 1 aliphatic rings. The highest BCUT2D eigenvalue weighted by atomic mass is 19.1. The summed E-state index contributed by atoms with van der Waals surface area (Å²) in [5, 5.41) is 3.38. The molecule has 0 radical (unpaired) electrons. The molecule has 0 heterocycles. The van der Waals surface area contributed by atoms with Crippen molar-refractivity contribution in [3.63, 3.8) is 0 Å². The third-order valence-corrected chi connectivity index (χ3v) is 3.50. The Morgan fingerprint density at radius 1 is 1.10 bits per heavy atom. The zero-order valence-corrected chi connectivity index (χ0v) is 11.6. The first-order valence-corrected chi connectivity index (χ1v) is 7.12. The van der Waals surface area contributed by atoms with Crippen LogP contribution >= 0.6 is 0 Å². The lowest BCUT2D eigenvalue weighted by molar-refractivity contribution is 0.192. The molecule has 1 N–H and O–H groups in total. The van der Waals surface area contributed by atoms with E-state index in [0.717, 1.165) is 11.6 Å². The van der Waals surface area contributed by atoms with Crippen LogP contribution < -0.4 is 10.1 Å². The van der Waals surface area contributed by atoms with Gasteiger partial charge in [0.15, 0.2) is 11.6 Å². The van der Waals surface area contributed by atoms with Crippen LogP contribution in [0.1, 0.15) is 24.5 Å². The Hall–Kier alpha value is -1.94. The molecule has 21 heavy (non-hydrogen) atoms. The Bertz CT molecular complexity index is 599. The van der Waals surface area contributed by atoms with E-state index >= 15 is 0 Å². The second-order valence-corrected chi connectivity index (χ2v) is 5.27. The maximum atomic E-state index is 13.8. The van der Waals surface area contributed by atoms with Crippen LogP contribution in [0.15, 0.2) is 48.5 Å². The van der Waals surface area contributed by atoms with Crippen molar-refractivity contribution in [1.29, 1.82) is 0 Å². The Balaban J connectivity index is 1.77. The predicted molar refractivity (Wildman–Crippen MR) is 77.2 cm³/mol. The molecule has 4 heteroatoms. The van der Waals surface area contributed by atoms with Crippen LogP contribution in [0, 0.1) is 11.6 Å². The van der Waals surface area contributed by atoms with E-state index in [2.05, 4.69) is 5.32 Å². The molecule has 0 amide bonds. The van der Waals surface area contributed by atoms with E-state index in [0.29, 0.717) is 12.6 Å². The molecule has 0 saturated heterocycles. The van der Waals surface area contributed by atoms with E-state index in [1.807, 2.05) is 30.3 Å². The van der Waals surface area contributed by atoms with Crippen LogP contribution in [0.25, 0.3) is 0 Å². The van der Waals surface area contributed by atoms with Gasteiger partial charge in [-0.25, -0.2) is 8.78 Å². The van der Waals surface area contributed by atoms with E-state index < -0.39 is 11.6 Å². The summed E-state index contributed by atoms with van der Waals surface area (Å²) in [7, 11) is 0. The van der Waals surface area contributed by atoms with Gasteiger partial charge in [-0.05, 0) is 30.5 Å². The summed E-state index contributed by atoms with van der Waals surface area (Å²) >= 11 is 0. The quantitative estimate of drug-likeness (QED) is 0.872. The minimum Gasteiger partial charge on any atom is -0.481 e. The van der Waals surface area contributed by atoms with Gasteiger partial charge in [0.05, 0.1) is 0 Å². The van der Waals surface area contributed by atoms with Crippen molar-refractivity contribution in [2.75, 3.05) is 6.54 Å². The summed E-state index contributed by atoms with van der Waals surface area (Å²) in [6.45, 7) is 0.603. The lowest BCUT2D eigenvalue weighted by Gasteiger charge is -2.20. The average molecular weight is 289 g/mol. The van der Waals surface area contributed by atoms with E-state index in [9.17, 15) is 8.78 Å². The standard InChI is InChI=1S/C17H17F2NO/c18-13-6-9-16(15(19)10-13)21-17(11-20-14-7-8-14)12-4-2-1-3-5-12/h1-6,9-10,14,17,20H,7-8,11H2. The minimum atomic E-state index is -0.678. The molecule has 2 aromatic carbocycles. The molecule has 0 aliphatic heterocycles. The number of hydrogen-bond acceptors (Lipinski definition) is 2. The molecule has 1 fully saturated rings. The van der Waals surface area contributed by atoms with Gasteiger partial charge in [-0.2, -0.15) is 0 Å². The van der Waals surface area contributed by atoms with Gasteiger partial charge in [-0.3, -0.25) is 0 Å². The van der Waals surface area contributed by atoms with Crippen molar-refractivity contribution in [2.24, 2.45) is 0 Å². The van der Waals surface area contributed by atoms with Gasteiger partial charge in [0.2, 0.25) is 0 Å². The number of hydrogen-bond donors (Lipinski definition) is 1. The van der Waals surface area contributed by atoms with E-state index in [1.165, 1.54) is 25.0 Å². The Morgan fingerprint density at radius 3 is 2.52 bits per heavy atom. The van der Waals surface area contributed by atoms with Crippen molar-refractivity contribution in [3.05, 3.63) is 65.7 Å². The summed E-state index contributed by atoms with van der Waals surface area (Å²) in [6, 6.07) is 13.6. The first kappa shape index (κ1) is 14.0. The molecule has 1 saturated carbocycles. The van der Waals surface area contributed by atoms with Crippen LogP contribution in [0.4, 0.5) is 8.78 Å². The second kappa shape index (κ2) is 6.22. The van der Waals surface area contributed by atoms with Gasteiger partial charge in [0.25, 0.3) is 0 Å². The molecule has 2 aromatic rings. The normalized spacial score (nSPS) is 15.7. The molecule has 110 valence electrons. The second-order valence-electron chi connectivity index (χ2n) is 5.27. The topological polar surface area (TPSA) is 21.3 Å². The molecular weight excluding hydrogens is 272 g/mol. The molecule has 1 aliphatic carbocycles. The predicted octanol–water partition coefficient (Wildman–Crippen LogP) is 3.84. The van der Waals surface area contributed by atoms with Gasteiger partial charge >= 0.3 is 0 Å². The average Bonchev–Trinajstić information content (AvgIpc) is 3.31. The van der Waals surface area contributed by atoms with Crippen molar-refractivity contribution in [2.45, 2.75) is 25.0 Å². The highest BCUT2D eigenvalue weighted by molar-refractivity contribution is 5.27. The largest absolute Gasteiger partial charge is 0.481 e. The zero-order valence-electron chi connectivity index (χ0n) is 11.6. The van der Waals surface area contributed by atoms with Gasteiger partial charge in [-0.1, -0.05) is 30.3 Å². The summed E-state index contributed by atoms with van der Waals surface area (Å²) in [5.74, 6) is -1.21. The molecular formula is C17H17F2NO.